The molecule has 164 valence electrons. The largest absolute Gasteiger partial charge is 0.380 e. The summed E-state index contributed by atoms with van der Waals surface area (Å²) in [5, 5.41) is 12.2. The van der Waals surface area contributed by atoms with Gasteiger partial charge in [-0.2, -0.15) is 0 Å². The Balaban J connectivity index is 1.46. The van der Waals surface area contributed by atoms with Gasteiger partial charge >= 0.3 is 0 Å². The summed E-state index contributed by atoms with van der Waals surface area (Å²) in [5.41, 5.74) is 2.13. The van der Waals surface area contributed by atoms with Crippen molar-refractivity contribution in [2.75, 3.05) is 12.4 Å². The molecule has 0 bridgehead atoms. The molecule has 8 heteroatoms. The second kappa shape index (κ2) is 8.80. The van der Waals surface area contributed by atoms with Crippen molar-refractivity contribution in [3.8, 4) is 11.4 Å². The first-order chi connectivity index (χ1) is 15.7. The molecule has 0 radical (unpaired) electrons. The lowest BCUT2D eigenvalue weighted by Crippen LogP contribution is -2.12. The number of nitrogens with one attached hydrogen (secondary N) is 1. The van der Waals surface area contributed by atoms with E-state index in [9.17, 15) is 9.18 Å². The molecular formula is C24H23FN4O2S. The van der Waals surface area contributed by atoms with Gasteiger partial charge in [0, 0.05) is 47.0 Å². The Kier molecular flexibility index (Phi) is 5.71. The number of carbonyl (C=O) groups is 1. The predicted molar refractivity (Wildman–Crippen MR) is 123 cm³/mol. The zero-order chi connectivity index (χ0) is 22.1. The maximum Gasteiger partial charge on any atom is 0.266 e. The molecule has 0 aliphatic carbocycles. The van der Waals surface area contributed by atoms with Crippen LogP contribution in [0.2, 0.25) is 0 Å². The van der Waals surface area contributed by atoms with Gasteiger partial charge in [0.05, 0.1) is 11.5 Å². The standard InChI is InChI=1S/C24H23FN4O2S/c1-31-14-17-21-18(25)9-6-10-19(21)32-22(17)24(30)26-16-8-5-7-15(13-16)23-28-27-20-11-3-2-4-12-29(20)23/h5-10,13H,2-4,11-12,14H2,1H3,(H,26,30). The van der Waals surface area contributed by atoms with E-state index in [2.05, 4.69) is 20.1 Å². The molecule has 1 N–H and O–H groups in total. The first-order valence-electron chi connectivity index (χ1n) is 10.7. The summed E-state index contributed by atoms with van der Waals surface area (Å²) in [5.74, 6) is 1.21. The summed E-state index contributed by atoms with van der Waals surface area (Å²) in [7, 11) is 1.54. The summed E-state index contributed by atoms with van der Waals surface area (Å²) in [6, 6.07) is 12.5. The van der Waals surface area contributed by atoms with Crippen LogP contribution in [-0.2, 0) is 24.3 Å². The van der Waals surface area contributed by atoms with Gasteiger partial charge in [-0.3, -0.25) is 4.79 Å². The molecule has 2 aromatic heterocycles. The quantitative estimate of drug-likeness (QED) is 0.441. The number of amides is 1. The number of anilines is 1. The van der Waals surface area contributed by atoms with E-state index in [4.69, 9.17) is 4.74 Å². The Morgan fingerprint density at radius 3 is 2.94 bits per heavy atom. The minimum absolute atomic E-state index is 0.162. The van der Waals surface area contributed by atoms with E-state index in [-0.39, 0.29) is 18.3 Å². The topological polar surface area (TPSA) is 69.0 Å². The highest BCUT2D eigenvalue weighted by molar-refractivity contribution is 7.21. The number of methoxy groups -OCH3 is 1. The van der Waals surface area contributed by atoms with Gasteiger partial charge in [0.15, 0.2) is 5.82 Å². The molecule has 3 heterocycles. The van der Waals surface area contributed by atoms with Crippen LogP contribution in [0.5, 0.6) is 0 Å². The summed E-state index contributed by atoms with van der Waals surface area (Å²) in [6.07, 6.45) is 4.37. The van der Waals surface area contributed by atoms with Crippen molar-refractivity contribution in [3.63, 3.8) is 0 Å². The molecule has 0 atom stereocenters. The normalized spacial score (nSPS) is 13.7. The Labute approximate surface area is 189 Å². The molecule has 0 saturated heterocycles. The monoisotopic (exact) mass is 450 g/mol. The number of aromatic nitrogens is 3. The van der Waals surface area contributed by atoms with Crippen LogP contribution in [0.15, 0.2) is 42.5 Å². The number of aryl methyl sites for hydroxylation is 1. The molecule has 1 aliphatic rings. The van der Waals surface area contributed by atoms with E-state index < -0.39 is 0 Å². The first kappa shape index (κ1) is 20.8. The molecule has 32 heavy (non-hydrogen) atoms. The summed E-state index contributed by atoms with van der Waals surface area (Å²) >= 11 is 1.27. The molecule has 0 saturated carbocycles. The van der Waals surface area contributed by atoms with Gasteiger partial charge in [0.25, 0.3) is 5.91 Å². The van der Waals surface area contributed by atoms with E-state index >= 15 is 0 Å². The minimum atomic E-state index is -0.348. The fraction of sp³-hybridized carbons (Fsp3) is 0.292. The lowest BCUT2D eigenvalue weighted by Gasteiger charge is -2.10. The Bertz CT molecular complexity index is 1300. The highest BCUT2D eigenvalue weighted by Crippen LogP contribution is 2.34. The van der Waals surface area contributed by atoms with Gasteiger partial charge < -0.3 is 14.6 Å². The lowest BCUT2D eigenvalue weighted by molar-refractivity contribution is 0.102. The summed E-state index contributed by atoms with van der Waals surface area (Å²) < 4.78 is 22.6. The number of carbonyl (C=O) groups excluding carboxylic acids is 1. The van der Waals surface area contributed by atoms with Crippen LogP contribution in [0.3, 0.4) is 0 Å². The van der Waals surface area contributed by atoms with Crippen LogP contribution in [0.1, 0.15) is 40.3 Å². The van der Waals surface area contributed by atoms with Crippen LogP contribution < -0.4 is 5.32 Å². The van der Waals surface area contributed by atoms with E-state index in [1.165, 1.54) is 30.9 Å². The number of hydrogen-bond donors (Lipinski definition) is 1. The number of hydrogen-bond acceptors (Lipinski definition) is 5. The van der Waals surface area contributed by atoms with Crippen molar-refractivity contribution in [3.05, 3.63) is 64.5 Å². The smallest absolute Gasteiger partial charge is 0.266 e. The van der Waals surface area contributed by atoms with E-state index in [0.29, 0.717) is 21.5 Å². The van der Waals surface area contributed by atoms with Crippen LogP contribution >= 0.6 is 11.3 Å². The number of ether oxygens (including phenoxy) is 1. The van der Waals surface area contributed by atoms with E-state index in [0.717, 1.165) is 47.7 Å². The number of benzene rings is 2. The average Bonchev–Trinajstić information content (AvgIpc) is 3.29. The van der Waals surface area contributed by atoms with Gasteiger partial charge in [-0.1, -0.05) is 24.6 Å². The Morgan fingerprint density at radius 1 is 1.19 bits per heavy atom. The molecule has 2 aromatic carbocycles. The fourth-order valence-electron chi connectivity index (χ4n) is 4.26. The molecule has 4 aromatic rings. The number of halogens is 1. The zero-order valence-corrected chi connectivity index (χ0v) is 18.5. The zero-order valence-electron chi connectivity index (χ0n) is 17.7. The third-order valence-electron chi connectivity index (χ3n) is 5.75. The fourth-order valence-corrected chi connectivity index (χ4v) is 5.37. The van der Waals surface area contributed by atoms with Crippen LogP contribution in [0, 0.1) is 5.82 Å². The van der Waals surface area contributed by atoms with Gasteiger partial charge in [-0.25, -0.2) is 4.39 Å². The van der Waals surface area contributed by atoms with Crippen molar-refractivity contribution in [1.82, 2.24) is 14.8 Å². The molecule has 5 rings (SSSR count). The average molecular weight is 451 g/mol. The van der Waals surface area contributed by atoms with E-state index in [1.807, 2.05) is 30.3 Å². The second-order valence-corrected chi connectivity index (χ2v) is 8.94. The molecule has 0 fully saturated rings. The van der Waals surface area contributed by atoms with Crippen molar-refractivity contribution < 1.29 is 13.9 Å². The minimum Gasteiger partial charge on any atom is -0.380 e. The van der Waals surface area contributed by atoms with Crippen molar-refractivity contribution in [2.24, 2.45) is 0 Å². The van der Waals surface area contributed by atoms with Gasteiger partial charge in [0.2, 0.25) is 0 Å². The molecule has 0 unspecified atom stereocenters. The van der Waals surface area contributed by atoms with Crippen molar-refractivity contribution in [2.45, 2.75) is 38.8 Å². The SMILES string of the molecule is COCc1c(C(=O)Nc2cccc(-c3nnc4n3CCCCC4)c2)sc2cccc(F)c12. The van der Waals surface area contributed by atoms with Crippen LogP contribution in [0.25, 0.3) is 21.5 Å². The number of fused-ring (bicyclic) bond motifs is 2. The van der Waals surface area contributed by atoms with E-state index in [1.54, 1.807) is 6.07 Å². The van der Waals surface area contributed by atoms with Crippen LogP contribution in [0.4, 0.5) is 10.1 Å². The Morgan fingerprint density at radius 2 is 2.06 bits per heavy atom. The third-order valence-corrected chi connectivity index (χ3v) is 6.94. The molecular weight excluding hydrogens is 427 g/mol. The van der Waals surface area contributed by atoms with Crippen molar-refractivity contribution >= 4 is 33.0 Å². The molecule has 1 aliphatic heterocycles. The predicted octanol–water partition coefficient (Wildman–Crippen LogP) is 5.42. The van der Waals surface area contributed by atoms with Gasteiger partial charge in [-0.15, -0.1) is 21.5 Å². The van der Waals surface area contributed by atoms with Crippen LogP contribution in [-0.4, -0.2) is 27.8 Å². The van der Waals surface area contributed by atoms with Gasteiger partial charge in [-0.05, 0) is 37.1 Å². The maximum absolute atomic E-state index is 14.5. The summed E-state index contributed by atoms with van der Waals surface area (Å²) in [6.45, 7) is 1.07. The molecule has 6 nitrogen and oxygen atoms in total. The molecule has 0 spiro atoms. The highest BCUT2D eigenvalue weighted by atomic mass is 32.1. The first-order valence-corrected chi connectivity index (χ1v) is 11.5. The summed E-state index contributed by atoms with van der Waals surface area (Å²) in [4.78, 5) is 13.6. The Hall–Kier alpha value is -3.10. The highest BCUT2D eigenvalue weighted by Gasteiger charge is 2.21. The number of thiophene rings is 1. The van der Waals surface area contributed by atoms with Gasteiger partial charge in [0.1, 0.15) is 11.6 Å². The molecule has 1 amide bonds. The van der Waals surface area contributed by atoms with Crippen molar-refractivity contribution in [1.29, 1.82) is 0 Å². The number of rotatable bonds is 5. The lowest BCUT2D eigenvalue weighted by atomic mass is 10.1. The third kappa shape index (κ3) is 3.80. The number of nitrogens with zero attached hydrogens (tertiary/aromatic N) is 3. The maximum atomic E-state index is 14.5. The second-order valence-electron chi connectivity index (χ2n) is 7.89.